The molecule has 0 unspecified atom stereocenters. The molecule has 30 heavy (non-hydrogen) atoms. The molecule has 0 radical (unpaired) electrons. The number of quaternary nitrogens is 3. The summed E-state index contributed by atoms with van der Waals surface area (Å²) < 4.78 is 3.83. The van der Waals surface area contributed by atoms with E-state index in [1.54, 1.807) is 0 Å². The lowest BCUT2D eigenvalue weighted by Gasteiger charge is -2.34. The highest BCUT2D eigenvalue weighted by Gasteiger charge is 2.17. The fourth-order valence-electron chi connectivity index (χ4n) is 4.02. The highest BCUT2D eigenvalue weighted by atomic mass is 79.9. The van der Waals surface area contributed by atoms with E-state index in [1.165, 1.54) is 92.0 Å². The van der Waals surface area contributed by atoms with Crippen LogP contribution in [0.5, 0.6) is 0 Å². The standard InChI is InChI=1S/3C8H20N.BrH.ClH.FH/c3*1-5-9(6-2,7-3)8-4;;;/h3*5-8H2,1-4H3;3*1H/q3*+1;;;/p-3. The molecule has 0 aliphatic heterocycles. The Morgan fingerprint density at radius 3 is 0.367 bits per heavy atom. The van der Waals surface area contributed by atoms with Crippen molar-refractivity contribution in [2.45, 2.75) is 83.1 Å². The quantitative estimate of drug-likeness (QED) is 0.234. The van der Waals surface area contributed by atoms with E-state index < -0.39 is 0 Å². The molecule has 0 fully saturated rings. The molecule has 0 saturated carbocycles. The number of rotatable bonds is 12. The van der Waals surface area contributed by atoms with Crippen LogP contribution in [0.2, 0.25) is 0 Å². The molecule has 0 amide bonds. The maximum absolute atomic E-state index is 2.27. The van der Waals surface area contributed by atoms with Gasteiger partial charge < -0.3 is 47.5 Å². The van der Waals surface area contributed by atoms with Crippen LogP contribution in [0.1, 0.15) is 83.1 Å². The van der Waals surface area contributed by atoms with Gasteiger partial charge in [0.25, 0.3) is 0 Å². The molecule has 0 atom stereocenters. The highest BCUT2D eigenvalue weighted by Crippen LogP contribution is 2.04. The molecule has 0 heterocycles. The topological polar surface area (TPSA) is 0 Å². The number of halogens is 3. The largest absolute Gasteiger partial charge is 1.00 e. The monoisotopic (exact) mass is 523 g/mol. The molecular formula is C24H60BrClFN3. The van der Waals surface area contributed by atoms with Gasteiger partial charge in [0.1, 0.15) is 0 Å². The molecule has 0 aliphatic carbocycles. The van der Waals surface area contributed by atoms with Gasteiger partial charge in [-0.05, 0) is 83.1 Å². The van der Waals surface area contributed by atoms with Crippen molar-refractivity contribution in [2.75, 3.05) is 78.5 Å². The Morgan fingerprint density at radius 1 is 0.300 bits per heavy atom. The minimum atomic E-state index is 0. The summed E-state index contributed by atoms with van der Waals surface area (Å²) in [6.07, 6.45) is 0. The molecule has 0 spiro atoms. The van der Waals surface area contributed by atoms with Crippen molar-refractivity contribution in [3.63, 3.8) is 0 Å². The lowest BCUT2D eigenvalue weighted by atomic mass is 10.3. The molecule has 0 N–H and O–H groups in total. The maximum Gasteiger partial charge on any atom is 0.0757 e. The van der Waals surface area contributed by atoms with E-state index in [2.05, 4.69) is 83.1 Å². The molecule has 0 aromatic carbocycles. The predicted molar refractivity (Wildman–Crippen MR) is 127 cm³/mol. The fraction of sp³-hybridized carbons (Fsp3) is 1.00. The second-order valence-corrected chi connectivity index (χ2v) is 7.82. The van der Waals surface area contributed by atoms with Crippen molar-refractivity contribution in [2.24, 2.45) is 0 Å². The Hall–Kier alpha value is 0.580. The smallest absolute Gasteiger partial charge is 0.0757 e. The summed E-state index contributed by atoms with van der Waals surface area (Å²) in [6.45, 7) is 42.7. The van der Waals surface area contributed by atoms with Crippen molar-refractivity contribution in [3.8, 4) is 0 Å². The Morgan fingerprint density at radius 2 is 0.367 bits per heavy atom. The SMILES string of the molecule is CC[N+](CC)(CC)CC.CC[N+](CC)(CC)CC.CC[N+](CC)(CC)CC.[Br-].[Cl-].[F-]. The van der Waals surface area contributed by atoms with E-state index >= 15 is 0 Å². The van der Waals surface area contributed by atoms with Crippen LogP contribution < -0.4 is 34.1 Å². The first-order chi connectivity index (χ1) is 12.7. The van der Waals surface area contributed by atoms with E-state index in [0.717, 1.165) is 0 Å². The number of hydrogen-bond donors (Lipinski definition) is 0. The van der Waals surface area contributed by atoms with Crippen molar-refractivity contribution in [3.05, 3.63) is 0 Å². The third kappa shape index (κ3) is 16.2. The molecule has 6 heteroatoms. The van der Waals surface area contributed by atoms with E-state index in [-0.39, 0.29) is 34.1 Å². The summed E-state index contributed by atoms with van der Waals surface area (Å²) in [5.41, 5.74) is 0. The van der Waals surface area contributed by atoms with Gasteiger partial charge in [0.2, 0.25) is 0 Å². The third-order valence-corrected chi connectivity index (χ3v) is 8.05. The third-order valence-electron chi connectivity index (χ3n) is 8.05. The molecule has 0 bridgehead atoms. The zero-order valence-electron chi connectivity index (χ0n) is 23.0. The highest BCUT2D eigenvalue weighted by molar-refractivity contribution is 4.32. The van der Waals surface area contributed by atoms with Crippen LogP contribution in [-0.2, 0) is 0 Å². The van der Waals surface area contributed by atoms with E-state index in [0.29, 0.717) is 0 Å². The van der Waals surface area contributed by atoms with E-state index in [9.17, 15) is 0 Å². The summed E-state index contributed by atoms with van der Waals surface area (Å²) in [5.74, 6) is 0. The van der Waals surface area contributed by atoms with Gasteiger partial charge in [-0.25, -0.2) is 0 Å². The molecule has 192 valence electrons. The number of hydrogen-bond acceptors (Lipinski definition) is 0. The van der Waals surface area contributed by atoms with Crippen molar-refractivity contribution in [1.29, 1.82) is 0 Å². The maximum atomic E-state index is 2.27. The van der Waals surface area contributed by atoms with Crippen molar-refractivity contribution >= 4 is 0 Å². The zero-order valence-corrected chi connectivity index (χ0v) is 25.3. The van der Waals surface area contributed by atoms with Crippen LogP contribution in [0.15, 0.2) is 0 Å². The Balaban J connectivity index is -0.0000000686. The summed E-state index contributed by atoms with van der Waals surface area (Å²) in [4.78, 5) is 0. The normalized spacial score (nSPS) is 10.8. The van der Waals surface area contributed by atoms with Crippen LogP contribution in [-0.4, -0.2) is 92.0 Å². The van der Waals surface area contributed by atoms with Crippen LogP contribution in [0.4, 0.5) is 0 Å². The van der Waals surface area contributed by atoms with Gasteiger partial charge in [0, 0.05) is 0 Å². The summed E-state index contributed by atoms with van der Waals surface area (Å²) >= 11 is 0. The van der Waals surface area contributed by atoms with Gasteiger partial charge >= 0.3 is 0 Å². The van der Waals surface area contributed by atoms with E-state index in [1.807, 2.05) is 0 Å². The molecular weight excluding hydrogens is 465 g/mol. The summed E-state index contributed by atoms with van der Waals surface area (Å²) in [6, 6.07) is 0. The number of nitrogens with zero attached hydrogens (tertiary/aromatic N) is 3. The first kappa shape index (κ1) is 44.3. The Labute approximate surface area is 208 Å². The Bertz CT molecular complexity index is 209. The van der Waals surface area contributed by atoms with Gasteiger partial charge in [-0.2, -0.15) is 0 Å². The van der Waals surface area contributed by atoms with Crippen molar-refractivity contribution in [1.82, 2.24) is 0 Å². The predicted octanol–water partition coefficient (Wildman–Crippen LogP) is -3.34. The van der Waals surface area contributed by atoms with Crippen LogP contribution in [0, 0.1) is 0 Å². The van der Waals surface area contributed by atoms with Gasteiger partial charge in [0.05, 0.1) is 78.5 Å². The average Bonchev–Trinajstić information content (AvgIpc) is 2.75. The zero-order chi connectivity index (χ0) is 22.0. The first-order valence-electron chi connectivity index (χ1n) is 12.3. The van der Waals surface area contributed by atoms with Gasteiger partial charge in [0.15, 0.2) is 0 Å². The van der Waals surface area contributed by atoms with E-state index in [4.69, 9.17) is 0 Å². The lowest BCUT2D eigenvalue weighted by molar-refractivity contribution is -0.921. The van der Waals surface area contributed by atoms with Crippen molar-refractivity contribution < 1.29 is 47.5 Å². The minimum Gasteiger partial charge on any atom is -1.00 e. The molecule has 0 aromatic heterocycles. The second kappa shape index (κ2) is 25.8. The molecule has 0 rings (SSSR count). The first-order valence-corrected chi connectivity index (χ1v) is 12.3. The molecule has 0 saturated heterocycles. The van der Waals surface area contributed by atoms with Crippen LogP contribution in [0.3, 0.4) is 0 Å². The molecule has 0 aliphatic rings. The summed E-state index contributed by atoms with van der Waals surface area (Å²) in [5, 5.41) is 0. The molecule has 3 nitrogen and oxygen atoms in total. The second-order valence-electron chi connectivity index (χ2n) is 7.82. The molecule has 0 aromatic rings. The fourth-order valence-corrected chi connectivity index (χ4v) is 4.02. The average molecular weight is 525 g/mol. The van der Waals surface area contributed by atoms with Gasteiger partial charge in [-0.3, -0.25) is 0 Å². The van der Waals surface area contributed by atoms with Gasteiger partial charge in [-0.15, -0.1) is 0 Å². The summed E-state index contributed by atoms with van der Waals surface area (Å²) in [7, 11) is 0. The van der Waals surface area contributed by atoms with Crippen LogP contribution >= 0.6 is 0 Å². The lowest BCUT2D eigenvalue weighted by Crippen LogP contribution is -3.00. The van der Waals surface area contributed by atoms with Gasteiger partial charge in [-0.1, -0.05) is 0 Å². The van der Waals surface area contributed by atoms with Crippen LogP contribution in [0.25, 0.3) is 0 Å². The minimum absolute atomic E-state index is 0. The Kier molecular flexibility index (Phi) is 38.1.